The standard InChI is InChI=1S/C18H21N5O4/c1-12-4-6-13(7-5-12)20-17-16(23(26)27)15(8-9-19-17)22-10-2-3-14(11-22)21-18(24)25/h4-9,14,21H,2-3,10-11H2,1H3,(H,19,20)(H,24,25)/t14-/m1/s1. The maximum absolute atomic E-state index is 11.8. The molecule has 1 saturated heterocycles. The van der Waals surface area contributed by atoms with Gasteiger partial charge in [-0.2, -0.15) is 0 Å². The van der Waals surface area contributed by atoms with Crippen LogP contribution in [0.2, 0.25) is 0 Å². The number of aromatic nitrogens is 1. The molecule has 2 heterocycles. The van der Waals surface area contributed by atoms with Crippen LogP contribution in [0.4, 0.5) is 27.7 Å². The predicted molar refractivity (Wildman–Crippen MR) is 102 cm³/mol. The second kappa shape index (κ2) is 7.90. The van der Waals surface area contributed by atoms with Crippen molar-refractivity contribution in [2.24, 2.45) is 0 Å². The SMILES string of the molecule is Cc1ccc(Nc2nccc(N3CCC[C@@H](NC(=O)O)C3)c2[N+](=O)[O-])cc1. The summed E-state index contributed by atoms with van der Waals surface area (Å²) in [6, 6.07) is 8.82. The highest BCUT2D eigenvalue weighted by atomic mass is 16.6. The predicted octanol–water partition coefficient (Wildman–Crippen LogP) is 3.28. The molecule has 0 saturated carbocycles. The van der Waals surface area contributed by atoms with Crippen molar-refractivity contribution in [3.8, 4) is 0 Å². The van der Waals surface area contributed by atoms with Crippen molar-refractivity contribution in [1.82, 2.24) is 10.3 Å². The van der Waals surface area contributed by atoms with Crippen molar-refractivity contribution in [2.45, 2.75) is 25.8 Å². The minimum Gasteiger partial charge on any atom is -0.465 e. The Kier molecular flexibility index (Phi) is 5.39. The molecule has 0 bridgehead atoms. The number of rotatable bonds is 5. The van der Waals surface area contributed by atoms with Crippen LogP contribution < -0.4 is 15.5 Å². The summed E-state index contributed by atoms with van der Waals surface area (Å²) < 4.78 is 0. The fourth-order valence-corrected chi connectivity index (χ4v) is 3.23. The molecule has 1 aliphatic rings. The number of nitrogens with one attached hydrogen (secondary N) is 2. The lowest BCUT2D eigenvalue weighted by Gasteiger charge is -2.33. The molecule has 0 radical (unpaired) electrons. The molecular weight excluding hydrogens is 350 g/mol. The third-order valence-corrected chi connectivity index (χ3v) is 4.49. The van der Waals surface area contributed by atoms with Gasteiger partial charge in [-0.05, 0) is 38.0 Å². The fourth-order valence-electron chi connectivity index (χ4n) is 3.23. The molecule has 9 heteroatoms. The number of anilines is 3. The molecule has 2 aromatic rings. The number of benzene rings is 1. The number of piperidine rings is 1. The first-order chi connectivity index (χ1) is 12.9. The lowest BCUT2D eigenvalue weighted by Crippen LogP contribution is -2.47. The largest absolute Gasteiger partial charge is 0.465 e. The topological polar surface area (TPSA) is 121 Å². The van der Waals surface area contributed by atoms with E-state index in [9.17, 15) is 14.9 Å². The molecule has 3 N–H and O–H groups in total. The monoisotopic (exact) mass is 371 g/mol. The van der Waals surface area contributed by atoms with Crippen molar-refractivity contribution < 1.29 is 14.8 Å². The van der Waals surface area contributed by atoms with Crippen molar-refractivity contribution in [2.75, 3.05) is 23.3 Å². The molecular formula is C18H21N5O4. The summed E-state index contributed by atoms with van der Waals surface area (Å²) in [6.45, 7) is 2.96. The molecule has 1 atom stereocenters. The Balaban J connectivity index is 1.90. The van der Waals surface area contributed by atoms with Gasteiger partial charge in [0.15, 0.2) is 0 Å². The third-order valence-electron chi connectivity index (χ3n) is 4.49. The van der Waals surface area contributed by atoms with Crippen LogP contribution in [0.1, 0.15) is 18.4 Å². The van der Waals surface area contributed by atoms with E-state index in [-0.39, 0.29) is 17.5 Å². The van der Waals surface area contributed by atoms with Crippen LogP contribution in [-0.2, 0) is 0 Å². The first-order valence-corrected chi connectivity index (χ1v) is 8.65. The lowest BCUT2D eigenvalue weighted by molar-refractivity contribution is -0.383. The van der Waals surface area contributed by atoms with Crippen molar-refractivity contribution in [3.63, 3.8) is 0 Å². The van der Waals surface area contributed by atoms with Crippen molar-refractivity contribution in [3.05, 3.63) is 52.2 Å². The smallest absolute Gasteiger partial charge is 0.404 e. The Morgan fingerprint density at radius 2 is 2.07 bits per heavy atom. The summed E-state index contributed by atoms with van der Waals surface area (Å²) in [5.74, 6) is 0.162. The van der Waals surface area contributed by atoms with Gasteiger partial charge in [0.25, 0.3) is 0 Å². The van der Waals surface area contributed by atoms with Gasteiger partial charge >= 0.3 is 11.8 Å². The Morgan fingerprint density at radius 1 is 1.33 bits per heavy atom. The van der Waals surface area contributed by atoms with E-state index < -0.39 is 11.0 Å². The highest BCUT2D eigenvalue weighted by molar-refractivity contribution is 5.77. The highest BCUT2D eigenvalue weighted by Gasteiger charge is 2.29. The van der Waals surface area contributed by atoms with E-state index in [2.05, 4.69) is 15.6 Å². The van der Waals surface area contributed by atoms with Gasteiger partial charge in [-0.1, -0.05) is 17.7 Å². The summed E-state index contributed by atoms with van der Waals surface area (Å²) in [7, 11) is 0. The normalized spacial score (nSPS) is 16.6. The van der Waals surface area contributed by atoms with Crippen LogP contribution >= 0.6 is 0 Å². The highest BCUT2D eigenvalue weighted by Crippen LogP contribution is 2.36. The minimum absolute atomic E-state index is 0.117. The van der Waals surface area contributed by atoms with E-state index >= 15 is 0 Å². The van der Waals surface area contributed by atoms with E-state index in [4.69, 9.17) is 5.11 Å². The Bertz CT molecular complexity index is 840. The second-order valence-corrected chi connectivity index (χ2v) is 6.51. The molecule has 3 rings (SSSR count). The molecule has 1 fully saturated rings. The molecule has 1 amide bonds. The molecule has 27 heavy (non-hydrogen) atoms. The van der Waals surface area contributed by atoms with Crippen LogP contribution in [0.3, 0.4) is 0 Å². The molecule has 1 aromatic heterocycles. The van der Waals surface area contributed by atoms with E-state index in [1.807, 2.05) is 36.1 Å². The number of nitrogens with zero attached hydrogens (tertiary/aromatic N) is 3. The summed E-state index contributed by atoms with van der Waals surface area (Å²) in [4.78, 5) is 28.2. The van der Waals surface area contributed by atoms with Crippen molar-refractivity contribution in [1.29, 1.82) is 0 Å². The number of amides is 1. The van der Waals surface area contributed by atoms with Crippen LogP contribution in [0.25, 0.3) is 0 Å². The Hall–Kier alpha value is -3.36. The first-order valence-electron chi connectivity index (χ1n) is 8.65. The fraction of sp³-hybridized carbons (Fsp3) is 0.333. The Labute approximate surface area is 156 Å². The molecule has 9 nitrogen and oxygen atoms in total. The number of carboxylic acid groups (broad SMARTS) is 1. The first kappa shape index (κ1) is 18.4. The van der Waals surface area contributed by atoms with E-state index in [1.165, 1.54) is 6.20 Å². The maximum Gasteiger partial charge on any atom is 0.404 e. The minimum atomic E-state index is -1.09. The second-order valence-electron chi connectivity index (χ2n) is 6.51. The third kappa shape index (κ3) is 4.43. The average molecular weight is 371 g/mol. The van der Waals surface area contributed by atoms with Gasteiger partial charge in [-0.25, -0.2) is 9.78 Å². The van der Waals surface area contributed by atoms with Gasteiger partial charge in [-0.15, -0.1) is 0 Å². The number of aryl methyl sites for hydroxylation is 1. The zero-order chi connectivity index (χ0) is 19.4. The maximum atomic E-state index is 11.8. The zero-order valence-corrected chi connectivity index (χ0v) is 14.9. The van der Waals surface area contributed by atoms with Gasteiger partial charge in [0, 0.05) is 31.0 Å². The molecule has 0 spiro atoms. The number of nitro groups is 1. The lowest BCUT2D eigenvalue weighted by atomic mass is 10.0. The van der Waals surface area contributed by atoms with Gasteiger partial charge in [0.2, 0.25) is 5.82 Å². The molecule has 142 valence electrons. The van der Waals surface area contributed by atoms with E-state index in [0.29, 0.717) is 30.9 Å². The van der Waals surface area contributed by atoms with Crippen LogP contribution in [-0.4, -0.2) is 40.2 Å². The molecule has 1 aliphatic heterocycles. The molecule has 0 unspecified atom stereocenters. The number of carbonyl (C=O) groups is 1. The van der Waals surface area contributed by atoms with Crippen LogP contribution in [0.5, 0.6) is 0 Å². The van der Waals surface area contributed by atoms with E-state index in [1.54, 1.807) is 6.07 Å². The summed E-state index contributed by atoms with van der Waals surface area (Å²) in [5, 5.41) is 26.2. The number of hydrogen-bond acceptors (Lipinski definition) is 6. The Morgan fingerprint density at radius 3 is 2.74 bits per heavy atom. The summed E-state index contributed by atoms with van der Waals surface area (Å²) in [6.07, 6.45) is 1.88. The summed E-state index contributed by atoms with van der Waals surface area (Å²) >= 11 is 0. The van der Waals surface area contributed by atoms with Crippen molar-refractivity contribution >= 4 is 29.0 Å². The van der Waals surface area contributed by atoms with Gasteiger partial charge in [0.05, 0.1) is 4.92 Å². The van der Waals surface area contributed by atoms with Crippen LogP contribution in [0.15, 0.2) is 36.5 Å². The average Bonchev–Trinajstić information content (AvgIpc) is 2.63. The quantitative estimate of drug-likeness (QED) is 0.545. The molecule has 1 aromatic carbocycles. The number of pyridine rings is 1. The zero-order valence-electron chi connectivity index (χ0n) is 14.9. The van der Waals surface area contributed by atoms with Gasteiger partial charge in [0.1, 0.15) is 5.69 Å². The number of hydrogen-bond donors (Lipinski definition) is 3. The van der Waals surface area contributed by atoms with Crippen LogP contribution in [0, 0.1) is 17.0 Å². The van der Waals surface area contributed by atoms with Gasteiger partial charge in [-0.3, -0.25) is 10.1 Å². The van der Waals surface area contributed by atoms with E-state index in [0.717, 1.165) is 12.0 Å². The van der Waals surface area contributed by atoms with Gasteiger partial charge < -0.3 is 20.6 Å². The molecule has 0 aliphatic carbocycles. The summed E-state index contributed by atoms with van der Waals surface area (Å²) in [5.41, 5.74) is 2.11.